The normalized spacial score (nSPS) is 10.1. The lowest BCUT2D eigenvalue weighted by molar-refractivity contribution is -0.144. The Morgan fingerprint density at radius 2 is 1.63 bits per heavy atom. The van der Waals surface area contributed by atoms with Crippen LogP contribution in [0.5, 0.6) is 11.5 Å². The monoisotopic (exact) mass is 368 g/mol. The van der Waals surface area contributed by atoms with Crippen molar-refractivity contribution in [2.75, 3.05) is 6.79 Å². The van der Waals surface area contributed by atoms with E-state index in [4.69, 9.17) is 14.2 Å². The van der Waals surface area contributed by atoms with Crippen molar-refractivity contribution < 1.29 is 23.8 Å². The number of hydrogen-bond donors (Lipinski definition) is 0. The Bertz CT molecular complexity index is 747. The molecule has 2 rings (SSSR count). The molecule has 0 saturated carbocycles. The second-order valence-electron chi connectivity index (χ2n) is 5.94. The zero-order valence-electron chi connectivity index (χ0n) is 15.5. The van der Waals surface area contributed by atoms with Crippen LogP contribution in [0.3, 0.4) is 0 Å². The molecule has 0 fully saturated rings. The van der Waals surface area contributed by atoms with E-state index in [1.807, 2.05) is 24.3 Å². The van der Waals surface area contributed by atoms with Gasteiger partial charge in [0.25, 0.3) is 0 Å². The van der Waals surface area contributed by atoms with Crippen LogP contribution in [0.15, 0.2) is 61.2 Å². The van der Waals surface area contributed by atoms with Gasteiger partial charge in [-0.2, -0.15) is 0 Å². The third kappa shape index (κ3) is 6.98. The number of benzene rings is 2. The highest BCUT2D eigenvalue weighted by atomic mass is 16.7. The summed E-state index contributed by atoms with van der Waals surface area (Å²) in [7, 11) is 0. The summed E-state index contributed by atoms with van der Waals surface area (Å²) in [5.74, 6) is -0.0271. The molecule has 0 radical (unpaired) electrons. The van der Waals surface area contributed by atoms with Gasteiger partial charge in [-0.3, -0.25) is 0 Å². The van der Waals surface area contributed by atoms with Crippen LogP contribution in [0.2, 0.25) is 0 Å². The van der Waals surface area contributed by atoms with Gasteiger partial charge in [0.05, 0.1) is 5.56 Å². The highest BCUT2D eigenvalue weighted by Gasteiger charge is 2.09. The van der Waals surface area contributed by atoms with Crippen LogP contribution in [0.1, 0.15) is 42.1 Å². The molecule has 0 aliphatic carbocycles. The minimum absolute atomic E-state index is 0.223. The second-order valence-corrected chi connectivity index (χ2v) is 5.94. The van der Waals surface area contributed by atoms with Crippen molar-refractivity contribution in [3.63, 3.8) is 0 Å². The first kappa shape index (κ1) is 20.2. The molecular formula is C22H24O5. The van der Waals surface area contributed by atoms with Gasteiger partial charge in [0.1, 0.15) is 11.5 Å². The van der Waals surface area contributed by atoms with E-state index in [9.17, 15) is 9.59 Å². The van der Waals surface area contributed by atoms with E-state index in [-0.39, 0.29) is 6.79 Å². The molecule has 2 aromatic rings. The molecule has 27 heavy (non-hydrogen) atoms. The maximum atomic E-state index is 12.2. The fraction of sp³-hybridized carbons (Fsp3) is 0.273. The van der Waals surface area contributed by atoms with Crippen LogP contribution in [0.25, 0.3) is 0 Å². The average molecular weight is 368 g/mol. The van der Waals surface area contributed by atoms with Crippen molar-refractivity contribution in [1.82, 2.24) is 0 Å². The molecular weight excluding hydrogens is 344 g/mol. The van der Waals surface area contributed by atoms with Crippen molar-refractivity contribution in [3.05, 3.63) is 72.3 Å². The van der Waals surface area contributed by atoms with Crippen molar-refractivity contribution in [2.45, 2.75) is 32.6 Å². The number of esters is 2. The number of ether oxygens (including phenoxy) is 3. The van der Waals surface area contributed by atoms with Gasteiger partial charge in [0.2, 0.25) is 6.79 Å². The molecule has 0 unspecified atom stereocenters. The van der Waals surface area contributed by atoms with Crippen molar-refractivity contribution in [2.24, 2.45) is 0 Å². The first-order chi connectivity index (χ1) is 13.1. The van der Waals surface area contributed by atoms with Gasteiger partial charge in [-0.05, 0) is 54.8 Å². The Morgan fingerprint density at radius 3 is 2.26 bits per heavy atom. The SMILES string of the molecule is C=CC(=O)OCOc1ccc(C(=O)Oc2ccc(CCCCC)cc2)cc1. The van der Waals surface area contributed by atoms with E-state index in [1.54, 1.807) is 24.3 Å². The number of carbonyl (C=O) groups is 2. The smallest absolute Gasteiger partial charge is 0.343 e. The molecule has 0 N–H and O–H groups in total. The lowest BCUT2D eigenvalue weighted by Crippen LogP contribution is -2.09. The van der Waals surface area contributed by atoms with Crippen LogP contribution >= 0.6 is 0 Å². The van der Waals surface area contributed by atoms with Crippen LogP contribution in [0, 0.1) is 0 Å². The highest BCUT2D eigenvalue weighted by molar-refractivity contribution is 5.91. The molecule has 0 spiro atoms. The fourth-order valence-electron chi connectivity index (χ4n) is 2.37. The third-order valence-corrected chi connectivity index (χ3v) is 3.89. The summed E-state index contributed by atoms with van der Waals surface area (Å²) in [5.41, 5.74) is 1.64. The zero-order chi connectivity index (χ0) is 19.5. The summed E-state index contributed by atoms with van der Waals surface area (Å²) >= 11 is 0. The predicted octanol–water partition coefficient (Wildman–Crippen LogP) is 4.70. The van der Waals surface area contributed by atoms with Crippen molar-refractivity contribution in [3.8, 4) is 11.5 Å². The Labute approximate surface area is 159 Å². The quantitative estimate of drug-likeness (QED) is 0.200. The molecule has 142 valence electrons. The highest BCUT2D eigenvalue weighted by Crippen LogP contribution is 2.17. The summed E-state index contributed by atoms with van der Waals surface area (Å²) in [5, 5.41) is 0. The Hall–Kier alpha value is -3.08. The number of hydrogen-bond acceptors (Lipinski definition) is 5. The van der Waals surface area contributed by atoms with Gasteiger partial charge in [0.15, 0.2) is 0 Å². The average Bonchev–Trinajstić information content (AvgIpc) is 2.70. The number of rotatable bonds is 10. The van der Waals surface area contributed by atoms with E-state index in [0.717, 1.165) is 18.9 Å². The summed E-state index contributed by atoms with van der Waals surface area (Å²) < 4.78 is 15.4. The van der Waals surface area contributed by atoms with Gasteiger partial charge in [-0.25, -0.2) is 9.59 Å². The number of unbranched alkanes of at least 4 members (excludes halogenated alkanes) is 2. The molecule has 0 heterocycles. The van der Waals surface area contributed by atoms with Crippen molar-refractivity contribution in [1.29, 1.82) is 0 Å². The number of carbonyl (C=O) groups excluding carboxylic acids is 2. The first-order valence-corrected chi connectivity index (χ1v) is 8.95. The van der Waals surface area contributed by atoms with E-state index in [0.29, 0.717) is 17.1 Å². The minimum Gasteiger partial charge on any atom is -0.457 e. The number of aryl methyl sites for hydroxylation is 1. The fourth-order valence-corrected chi connectivity index (χ4v) is 2.37. The maximum absolute atomic E-state index is 12.2. The van der Waals surface area contributed by atoms with Crippen LogP contribution in [-0.2, 0) is 16.0 Å². The van der Waals surface area contributed by atoms with Gasteiger partial charge in [0, 0.05) is 6.08 Å². The molecule has 2 aromatic carbocycles. The van der Waals surface area contributed by atoms with Gasteiger partial charge in [-0.15, -0.1) is 0 Å². The summed E-state index contributed by atoms with van der Waals surface area (Å²) in [4.78, 5) is 23.1. The van der Waals surface area contributed by atoms with E-state index in [2.05, 4.69) is 13.5 Å². The Kier molecular flexibility index (Phi) is 8.10. The predicted molar refractivity (Wildman–Crippen MR) is 103 cm³/mol. The standard InChI is InChI=1S/C22H24O5/c1-3-5-6-7-17-8-12-20(13-9-17)27-22(24)18-10-14-19(15-11-18)25-16-26-21(23)4-2/h4,8-15H,2-3,5-7,16H2,1H3. The molecule has 0 aliphatic rings. The molecule has 0 aromatic heterocycles. The molecule has 5 heteroatoms. The van der Waals surface area contributed by atoms with E-state index >= 15 is 0 Å². The molecule has 5 nitrogen and oxygen atoms in total. The molecule has 0 saturated heterocycles. The van der Waals surface area contributed by atoms with Gasteiger partial charge >= 0.3 is 11.9 Å². The van der Waals surface area contributed by atoms with Crippen molar-refractivity contribution >= 4 is 11.9 Å². The topological polar surface area (TPSA) is 61.8 Å². The van der Waals surface area contributed by atoms with Gasteiger partial charge < -0.3 is 14.2 Å². The zero-order valence-corrected chi connectivity index (χ0v) is 15.5. The van der Waals surface area contributed by atoms with E-state index in [1.165, 1.54) is 18.4 Å². The van der Waals surface area contributed by atoms with Crippen LogP contribution in [0.4, 0.5) is 0 Å². The summed E-state index contributed by atoms with van der Waals surface area (Å²) in [6.45, 7) is 5.25. The second kappa shape index (κ2) is 10.8. The largest absolute Gasteiger partial charge is 0.457 e. The van der Waals surface area contributed by atoms with E-state index < -0.39 is 11.9 Å². The third-order valence-electron chi connectivity index (χ3n) is 3.89. The van der Waals surface area contributed by atoms with Crippen LogP contribution in [-0.4, -0.2) is 18.7 Å². The Balaban J connectivity index is 1.84. The first-order valence-electron chi connectivity index (χ1n) is 8.95. The summed E-state index contributed by atoms with van der Waals surface area (Å²) in [6, 6.07) is 14.0. The molecule has 0 atom stereocenters. The molecule has 0 bridgehead atoms. The molecule has 0 aliphatic heterocycles. The van der Waals surface area contributed by atoms with Crippen LogP contribution < -0.4 is 9.47 Å². The summed E-state index contributed by atoms with van der Waals surface area (Å²) in [6.07, 6.45) is 5.66. The maximum Gasteiger partial charge on any atom is 0.343 e. The molecule has 0 amide bonds. The van der Waals surface area contributed by atoms with Gasteiger partial charge in [-0.1, -0.05) is 38.5 Å². The minimum atomic E-state index is -0.563. The lowest BCUT2D eigenvalue weighted by atomic mass is 10.1. The Morgan fingerprint density at radius 1 is 0.963 bits per heavy atom. The lowest BCUT2D eigenvalue weighted by Gasteiger charge is -2.08.